The van der Waals surface area contributed by atoms with Crippen LogP contribution < -0.4 is 4.90 Å². The summed E-state index contributed by atoms with van der Waals surface area (Å²) in [5, 5.41) is 9.96. The van der Waals surface area contributed by atoms with Gasteiger partial charge in [-0.2, -0.15) is 5.10 Å². The van der Waals surface area contributed by atoms with E-state index in [9.17, 15) is 0 Å². The molecule has 1 aliphatic rings. The average molecular weight is 452 g/mol. The van der Waals surface area contributed by atoms with Crippen LogP contribution >= 0.6 is 0 Å². The molecule has 2 N–H and O–H groups in total. The first-order valence-electron chi connectivity index (χ1n) is 12.0. The lowest BCUT2D eigenvalue weighted by atomic mass is 10.1. The van der Waals surface area contributed by atoms with Crippen molar-refractivity contribution in [2.24, 2.45) is 0 Å². The summed E-state index contributed by atoms with van der Waals surface area (Å²) >= 11 is 0. The quantitative estimate of drug-likeness (QED) is 0.383. The second-order valence-electron chi connectivity index (χ2n) is 9.48. The zero-order chi connectivity index (χ0) is 23.1. The van der Waals surface area contributed by atoms with Gasteiger partial charge in [-0.3, -0.25) is 10.1 Å². The Morgan fingerprint density at radius 2 is 1.79 bits per heavy atom. The lowest BCUT2D eigenvalue weighted by Gasteiger charge is -2.29. The van der Waals surface area contributed by atoms with E-state index in [1.54, 1.807) is 0 Å². The smallest absolute Gasteiger partial charge is 0.181 e. The summed E-state index contributed by atoms with van der Waals surface area (Å²) < 4.78 is 0. The molecule has 7 nitrogen and oxygen atoms in total. The molecule has 0 radical (unpaired) electrons. The molecule has 0 saturated carbocycles. The van der Waals surface area contributed by atoms with Crippen LogP contribution in [0, 0.1) is 0 Å². The van der Waals surface area contributed by atoms with Crippen molar-refractivity contribution in [1.82, 2.24) is 30.0 Å². The Kier molecular flexibility index (Phi) is 5.26. The van der Waals surface area contributed by atoms with Gasteiger partial charge in [0.15, 0.2) is 5.65 Å². The third-order valence-electron chi connectivity index (χ3n) is 6.64. The number of hydrogen-bond acceptors (Lipinski definition) is 5. The second-order valence-corrected chi connectivity index (χ2v) is 9.48. The van der Waals surface area contributed by atoms with Crippen molar-refractivity contribution < 1.29 is 0 Å². The van der Waals surface area contributed by atoms with E-state index >= 15 is 0 Å². The molecule has 0 atom stereocenters. The van der Waals surface area contributed by atoms with Crippen molar-refractivity contribution >= 4 is 27.6 Å². The number of nitrogens with zero attached hydrogens (tertiary/aromatic N) is 5. The van der Waals surface area contributed by atoms with Crippen LogP contribution in [0.3, 0.4) is 0 Å². The van der Waals surface area contributed by atoms with Gasteiger partial charge in [0.05, 0.1) is 11.4 Å². The van der Waals surface area contributed by atoms with Crippen molar-refractivity contribution in [3.63, 3.8) is 0 Å². The summed E-state index contributed by atoms with van der Waals surface area (Å²) in [7, 11) is 4.13. The highest BCUT2D eigenvalue weighted by atomic mass is 15.2. The first kappa shape index (κ1) is 20.9. The predicted octanol–water partition coefficient (Wildman–Crippen LogP) is 5.22. The molecule has 5 aromatic rings. The number of aromatic nitrogens is 5. The molecule has 1 aromatic carbocycles. The van der Waals surface area contributed by atoms with E-state index in [4.69, 9.17) is 0 Å². The molecule has 1 aliphatic heterocycles. The standard InChI is InChI=1S/C27H29N7/c1-33(2)17-18-11-19(15-28-14-18)20-12-22-26(31-32-27(22)29-16-20)24-13-21-23(30-24)7-6-8-25(21)34-9-4-3-5-10-34/h6-8,11-16,30H,3-5,9-10,17H2,1-2H3,(H,29,31,32). The minimum Gasteiger partial charge on any atom is -0.371 e. The number of rotatable bonds is 5. The monoisotopic (exact) mass is 451 g/mol. The Labute approximate surface area is 198 Å². The molecule has 0 aliphatic carbocycles. The maximum absolute atomic E-state index is 4.64. The van der Waals surface area contributed by atoms with Gasteiger partial charge in [0.2, 0.25) is 0 Å². The van der Waals surface area contributed by atoms with Crippen molar-refractivity contribution in [2.75, 3.05) is 32.1 Å². The lowest BCUT2D eigenvalue weighted by molar-refractivity contribution is 0.402. The molecule has 34 heavy (non-hydrogen) atoms. The molecular formula is C27H29N7. The van der Waals surface area contributed by atoms with Gasteiger partial charge < -0.3 is 14.8 Å². The molecular weight excluding hydrogens is 422 g/mol. The Balaban J connectivity index is 1.41. The summed E-state index contributed by atoms with van der Waals surface area (Å²) in [6, 6.07) is 13.1. The summed E-state index contributed by atoms with van der Waals surface area (Å²) in [6.45, 7) is 3.10. The molecule has 4 aromatic heterocycles. The summed E-state index contributed by atoms with van der Waals surface area (Å²) in [5.41, 5.74) is 8.43. The Hall–Kier alpha value is -3.71. The first-order chi connectivity index (χ1) is 16.7. The van der Waals surface area contributed by atoms with Gasteiger partial charge in [-0.15, -0.1) is 0 Å². The van der Waals surface area contributed by atoms with Gasteiger partial charge in [-0.05, 0) is 69.3 Å². The van der Waals surface area contributed by atoms with Crippen molar-refractivity contribution in [1.29, 1.82) is 0 Å². The second kappa shape index (κ2) is 8.57. The summed E-state index contributed by atoms with van der Waals surface area (Å²) in [6.07, 6.45) is 9.55. The predicted molar refractivity (Wildman–Crippen MR) is 138 cm³/mol. The van der Waals surface area contributed by atoms with Crippen molar-refractivity contribution in [3.8, 4) is 22.5 Å². The number of H-pyrrole nitrogens is 2. The zero-order valence-electron chi connectivity index (χ0n) is 19.7. The summed E-state index contributed by atoms with van der Waals surface area (Å²) in [5.74, 6) is 0. The molecule has 0 amide bonds. The minimum atomic E-state index is 0.714. The highest BCUT2D eigenvalue weighted by Crippen LogP contribution is 2.35. The van der Waals surface area contributed by atoms with Gasteiger partial charge in [0.1, 0.15) is 0 Å². The Morgan fingerprint density at radius 1 is 0.941 bits per heavy atom. The van der Waals surface area contributed by atoms with Crippen LogP contribution in [0.4, 0.5) is 5.69 Å². The molecule has 6 rings (SSSR count). The molecule has 1 saturated heterocycles. The molecule has 0 unspecified atom stereocenters. The van der Waals surface area contributed by atoms with Gasteiger partial charge in [0.25, 0.3) is 0 Å². The highest BCUT2D eigenvalue weighted by Gasteiger charge is 2.17. The molecule has 0 spiro atoms. The third-order valence-corrected chi connectivity index (χ3v) is 6.64. The maximum atomic E-state index is 4.64. The lowest BCUT2D eigenvalue weighted by Crippen LogP contribution is -2.29. The number of benzene rings is 1. The van der Waals surface area contributed by atoms with E-state index in [2.05, 4.69) is 85.4 Å². The molecule has 0 bridgehead atoms. The Bertz CT molecular complexity index is 1460. The largest absolute Gasteiger partial charge is 0.371 e. The van der Waals surface area contributed by atoms with Crippen molar-refractivity contribution in [2.45, 2.75) is 25.8 Å². The minimum absolute atomic E-state index is 0.714. The van der Waals surface area contributed by atoms with Gasteiger partial charge in [-0.1, -0.05) is 6.07 Å². The summed E-state index contributed by atoms with van der Waals surface area (Å²) in [4.78, 5) is 17.4. The fourth-order valence-corrected chi connectivity index (χ4v) is 5.04. The van der Waals surface area contributed by atoms with Gasteiger partial charge in [0, 0.05) is 71.3 Å². The normalized spacial score (nSPS) is 14.5. The van der Waals surface area contributed by atoms with Crippen LogP contribution in [0.25, 0.3) is 44.5 Å². The van der Waals surface area contributed by atoms with E-state index in [0.29, 0.717) is 5.65 Å². The van der Waals surface area contributed by atoms with Crippen LogP contribution in [0.2, 0.25) is 0 Å². The molecule has 1 fully saturated rings. The fraction of sp³-hybridized carbons (Fsp3) is 0.296. The van der Waals surface area contributed by atoms with Crippen LogP contribution in [0.15, 0.2) is 55.0 Å². The fourth-order valence-electron chi connectivity index (χ4n) is 5.04. The SMILES string of the molecule is CN(C)Cc1cncc(-c2cnc3n[nH]c(-c4cc5c(N6CCCCC6)cccc5[nH]4)c3c2)c1. The Morgan fingerprint density at radius 3 is 2.65 bits per heavy atom. The van der Waals surface area contributed by atoms with Crippen LogP contribution in [-0.2, 0) is 6.54 Å². The number of anilines is 1. The van der Waals surface area contributed by atoms with E-state index < -0.39 is 0 Å². The number of hydrogen-bond donors (Lipinski definition) is 2. The zero-order valence-corrected chi connectivity index (χ0v) is 19.7. The number of fused-ring (bicyclic) bond motifs is 2. The van der Waals surface area contributed by atoms with E-state index in [1.165, 1.54) is 35.9 Å². The van der Waals surface area contributed by atoms with E-state index in [-0.39, 0.29) is 0 Å². The van der Waals surface area contributed by atoms with E-state index in [0.717, 1.165) is 53.1 Å². The number of aromatic amines is 2. The molecule has 7 heteroatoms. The number of pyridine rings is 2. The number of nitrogens with one attached hydrogen (secondary N) is 2. The molecule has 172 valence electrons. The van der Waals surface area contributed by atoms with Crippen LogP contribution in [-0.4, -0.2) is 57.2 Å². The molecule has 5 heterocycles. The third kappa shape index (κ3) is 3.82. The first-order valence-corrected chi connectivity index (χ1v) is 12.0. The van der Waals surface area contributed by atoms with E-state index in [1.807, 2.05) is 18.6 Å². The van der Waals surface area contributed by atoms with Gasteiger partial charge >= 0.3 is 0 Å². The topological polar surface area (TPSA) is 76.7 Å². The van der Waals surface area contributed by atoms with Gasteiger partial charge in [-0.25, -0.2) is 4.98 Å². The highest BCUT2D eigenvalue weighted by molar-refractivity contribution is 6.00. The van der Waals surface area contributed by atoms with Crippen LogP contribution in [0.1, 0.15) is 24.8 Å². The number of piperidine rings is 1. The van der Waals surface area contributed by atoms with Crippen LogP contribution in [0.5, 0.6) is 0 Å². The average Bonchev–Trinajstić information content (AvgIpc) is 3.48. The maximum Gasteiger partial charge on any atom is 0.181 e. The van der Waals surface area contributed by atoms with Crippen molar-refractivity contribution in [3.05, 3.63) is 60.6 Å².